The zero-order chi connectivity index (χ0) is 17.4. The Morgan fingerprint density at radius 2 is 1.96 bits per heavy atom. The average molecular weight is 317 g/mol. The van der Waals surface area contributed by atoms with Crippen LogP contribution in [-0.2, 0) is 11.2 Å². The molecule has 0 saturated heterocycles. The molecule has 124 valence electrons. The fourth-order valence-electron chi connectivity index (χ4n) is 2.14. The van der Waals surface area contributed by atoms with E-state index < -0.39 is 0 Å². The highest BCUT2D eigenvalue weighted by Gasteiger charge is 2.22. The van der Waals surface area contributed by atoms with E-state index in [0.29, 0.717) is 34.7 Å². The molecule has 1 aromatic carbocycles. The van der Waals surface area contributed by atoms with Gasteiger partial charge in [-0.1, -0.05) is 27.7 Å². The summed E-state index contributed by atoms with van der Waals surface area (Å²) < 4.78 is 6.77. The van der Waals surface area contributed by atoms with Crippen LogP contribution in [-0.4, -0.2) is 29.1 Å². The number of aldehydes is 1. The Hall–Kier alpha value is -2.63. The largest absolute Gasteiger partial charge is 0.497 e. The minimum atomic E-state index is -0.172. The van der Waals surface area contributed by atoms with Crippen molar-refractivity contribution in [3.05, 3.63) is 35.7 Å². The lowest BCUT2D eigenvalue weighted by atomic mass is 10.2. The Labute approximate surface area is 136 Å². The summed E-state index contributed by atoms with van der Waals surface area (Å²) in [6, 6.07) is 5.28. The summed E-state index contributed by atoms with van der Waals surface area (Å²) in [6.45, 7) is 8.00. The van der Waals surface area contributed by atoms with E-state index in [1.165, 1.54) is 6.20 Å². The van der Waals surface area contributed by atoms with Gasteiger partial charge in [0.05, 0.1) is 42.4 Å². The molecule has 23 heavy (non-hydrogen) atoms. The van der Waals surface area contributed by atoms with Crippen LogP contribution in [0.15, 0.2) is 24.4 Å². The van der Waals surface area contributed by atoms with Crippen LogP contribution in [0.1, 0.15) is 43.7 Å². The maximum Gasteiger partial charge on any atom is 0.230 e. The molecule has 1 aromatic heterocycles. The lowest BCUT2D eigenvalue weighted by molar-refractivity contribution is -0.115. The van der Waals surface area contributed by atoms with Gasteiger partial charge in [-0.25, -0.2) is 4.68 Å². The number of amides is 1. The molecular formula is C17H23N3O3. The molecule has 6 heteroatoms. The van der Waals surface area contributed by atoms with Gasteiger partial charge in [-0.15, -0.1) is 0 Å². The molecule has 0 saturated carbocycles. The summed E-state index contributed by atoms with van der Waals surface area (Å²) in [5.41, 5.74) is 2.34. The monoisotopic (exact) mass is 317 g/mol. The van der Waals surface area contributed by atoms with Gasteiger partial charge in [-0.3, -0.25) is 9.59 Å². The molecule has 0 spiro atoms. The van der Waals surface area contributed by atoms with Gasteiger partial charge < -0.3 is 10.1 Å². The second-order valence-electron chi connectivity index (χ2n) is 4.18. The summed E-state index contributed by atoms with van der Waals surface area (Å²) >= 11 is 0. The van der Waals surface area contributed by atoms with Gasteiger partial charge in [0.25, 0.3) is 0 Å². The smallest absolute Gasteiger partial charge is 0.230 e. The van der Waals surface area contributed by atoms with Crippen molar-refractivity contribution in [3.8, 4) is 11.4 Å². The summed E-state index contributed by atoms with van der Waals surface area (Å²) in [4.78, 5) is 22.8. The number of nitrogens with zero attached hydrogens (tertiary/aromatic N) is 2. The molecule has 1 amide bonds. The van der Waals surface area contributed by atoms with Crippen molar-refractivity contribution >= 4 is 17.9 Å². The number of benzene rings is 1. The first kappa shape index (κ1) is 18.4. The van der Waals surface area contributed by atoms with Gasteiger partial charge in [0.1, 0.15) is 5.75 Å². The van der Waals surface area contributed by atoms with Crippen molar-refractivity contribution in [1.82, 2.24) is 9.78 Å². The Morgan fingerprint density at radius 3 is 2.57 bits per heavy atom. The van der Waals surface area contributed by atoms with E-state index in [9.17, 15) is 9.59 Å². The third-order valence-corrected chi connectivity index (χ3v) is 3.06. The first-order valence-corrected chi connectivity index (χ1v) is 7.73. The summed E-state index contributed by atoms with van der Waals surface area (Å²) in [7, 11) is 1.57. The number of fused-ring (bicyclic) bond motifs is 3. The number of carbonyl (C=O) groups is 2. The summed E-state index contributed by atoms with van der Waals surface area (Å²) in [5.74, 6) is 0.484. The summed E-state index contributed by atoms with van der Waals surface area (Å²) in [5, 5.41) is 6.96. The number of aromatic nitrogens is 2. The van der Waals surface area contributed by atoms with Gasteiger partial charge in [0, 0.05) is 6.07 Å². The fourth-order valence-corrected chi connectivity index (χ4v) is 2.14. The van der Waals surface area contributed by atoms with E-state index in [2.05, 4.69) is 10.4 Å². The molecular weight excluding hydrogens is 294 g/mol. The van der Waals surface area contributed by atoms with Gasteiger partial charge in [0.15, 0.2) is 6.29 Å². The topological polar surface area (TPSA) is 73.2 Å². The minimum Gasteiger partial charge on any atom is -0.497 e. The molecule has 3 rings (SSSR count). The van der Waals surface area contributed by atoms with Crippen LogP contribution in [0.5, 0.6) is 5.75 Å². The van der Waals surface area contributed by atoms with Crippen molar-refractivity contribution in [2.45, 2.75) is 34.1 Å². The predicted molar refractivity (Wildman–Crippen MR) is 90.5 cm³/mol. The first-order valence-electron chi connectivity index (χ1n) is 7.73. The minimum absolute atomic E-state index is 0.116. The predicted octanol–water partition coefficient (Wildman–Crippen LogP) is 3.24. The second kappa shape index (κ2) is 8.73. The molecule has 1 N–H and O–H groups in total. The number of rotatable bonds is 2. The molecule has 0 radical (unpaired) electrons. The Balaban J connectivity index is 0.000000615. The summed E-state index contributed by atoms with van der Waals surface area (Å²) in [6.07, 6.45) is 2.28. The van der Waals surface area contributed by atoms with Crippen molar-refractivity contribution in [1.29, 1.82) is 0 Å². The van der Waals surface area contributed by atoms with Crippen LogP contribution in [0.2, 0.25) is 0 Å². The van der Waals surface area contributed by atoms with E-state index in [1.54, 1.807) is 30.0 Å². The van der Waals surface area contributed by atoms with Crippen LogP contribution < -0.4 is 10.1 Å². The molecule has 0 aliphatic carbocycles. The van der Waals surface area contributed by atoms with Crippen LogP contribution >= 0.6 is 0 Å². The highest BCUT2D eigenvalue weighted by atomic mass is 16.5. The maximum atomic E-state index is 11.8. The number of hydrogen-bond donors (Lipinski definition) is 1. The molecule has 0 bridgehead atoms. The molecule has 1 aliphatic heterocycles. The third kappa shape index (κ3) is 3.77. The van der Waals surface area contributed by atoms with Crippen LogP contribution in [0.25, 0.3) is 5.69 Å². The van der Waals surface area contributed by atoms with Crippen LogP contribution in [0.4, 0.5) is 5.69 Å². The Kier molecular flexibility index (Phi) is 6.99. The third-order valence-electron chi connectivity index (χ3n) is 3.06. The number of nitrogens with one attached hydrogen (secondary N) is 1. The lowest BCUT2D eigenvalue weighted by Gasteiger charge is -2.10. The standard InChI is InChI=1S/C13H11N3O3.2C2H6/c1-19-9-2-3-10-12(4-9)16-11(5-13(18)15-10)8(7-17)6-14-16;2*1-2/h2-4,6-7H,5H2,1H3,(H,15,18);2*1-2H3. The van der Waals surface area contributed by atoms with Crippen molar-refractivity contribution in [3.63, 3.8) is 0 Å². The fraction of sp³-hybridized carbons (Fsp3) is 0.353. The van der Waals surface area contributed by atoms with Crippen molar-refractivity contribution in [2.24, 2.45) is 0 Å². The Bertz CT molecular complexity index is 678. The second-order valence-corrected chi connectivity index (χ2v) is 4.18. The number of carbonyl (C=O) groups excluding carboxylic acids is 2. The van der Waals surface area contributed by atoms with Crippen molar-refractivity contribution in [2.75, 3.05) is 12.4 Å². The molecule has 1 aliphatic rings. The van der Waals surface area contributed by atoms with E-state index in [4.69, 9.17) is 4.74 Å². The van der Waals surface area contributed by atoms with Crippen molar-refractivity contribution < 1.29 is 14.3 Å². The van der Waals surface area contributed by atoms with E-state index in [1.807, 2.05) is 27.7 Å². The first-order chi connectivity index (χ1) is 11.2. The molecule has 2 heterocycles. The SMILES string of the molecule is CC.CC.COc1ccc2c(c1)-n1ncc(C=O)c1CC(=O)N2. The van der Waals surface area contributed by atoms with Crippen LogP contribution in [0, 0.1) is 0 Å². The molecule has 0 unspecified atom stereocenters. The van der Waals surface area contributed by atoms with E-state index >= 15 is 0 Å². The van der Waals surface area contributed by atoms with Gasteiger partial charge in [-0.05, 0) is 12.1 Å². The van der Waals surface area contributed by atoms with Gasteiger partial charge in [-0.2, -0.15) is 5.10 Å². The lowest BCUT2D eigenvalue weighted by Crippen LogP contribution is -2.13. The zero-order valence-corrected chi connectivity index (χ0v) is 14.2. The zero-order valence-electron chi connectivity index (χ0n) is 14.2. The average Bonchev–Trinajstić information content (AvgIpc) is 2.95. The normalized spacial score (nSPS) is 11.3. The molecule has 6 nitrogen and oxygen atoms in total. The molecule has 2 aromatic rings. The van der Waals surface area contributed by atoms with E-state index in [0.717, 1.165) is 0 Å². The number of ether oxygens (including phenoxy) is 1. The number of methoxy groups -OCH3 is 1. The molecule has 0 atom stereocenters. The molecule has 0 fully saturated rings. The number of anilines is 1. The quantitative estimate of drug-likeness (QED) is 0.863. The van der Waals surface area contributed by atoms with Gasteiger partial charge >= 0.3 is 0 Å². The highest BCUT2D eigenvalue weighted by Crippen LogP contribution is 2.29. The Morgan fingerprint density at radius 1 is 1.26 bits per heavy atom. The highest BCUT2D eigenvalue weighted by molar-refractivity contribution is 5.97. The maximum absolute atomic E-state index is 11.8. The van der Waals surface area contributed by atoms with Gasteiger partial charge in [0.2, 0.25) is 5.91 Å². The van der Waals surface area contributed by atoms with E-state index in [-0.39, 0.29) is 12.3 Å². The number of hydrogen-bond acceptors (Lipinski definition) is 4. The van der Waals surface area contributed by atoms with Crippen LogP contribution in [0.3, 0.4) is 0 Å².